The average Bonchev–Trinajstić information content (AvgIpc) is 4.10. The number of benzene rings is 4. The minimum absolute atomic E-state index is 0.00311. The van der Waals surface area contributed by atoms with E-state index in [1.54, 1.807) is 6.07 Å². The van der Waals surface area contributed by atoms with Gasteiger partial charge >= 0.3 is 12.0 Å². The number of aryl methyl sites for hydroxylation is 1. The lowest BCUT2D eigenvalue weighted by Gasteiger charge is -2.43. The van der Waals surface area contributed by atoms with Crippen LogP contribution < -0.4 is 14.5 Å². The van der Waals surface area contributed by atoms with E-state index in [1.807, 2.05) is 48.2 Å². The molecule has 0 bridgehead atoms. The van der Waals surface area contributed by atoms with E-state index in [4.69, 9.17) is 26.3 Å². The van der Waals surface area contributed by atoms with Crippen LogP contribution in [0.3, 0.4) is 0 Å². The van der Waals surface area contributed by atoms with Gasteiger partial charge in [-0.25, -0.2) is 4.57 Å². The number of phenolic OH excluding ortho intramolecular Hbond substituents is 2. The van der Waals surface area contributed by atoms with Crippen molar-refractivity contribution < 1.29 is 30.0 Å². The number of piperidine rings is 1. The molecule has 79 heavy (non-hydrogen) atoms. The van der Waals surface area contributed by atoms with Crippen LogP contribution in [0.4, 0.5) is 11.5 Å². The minimum Gasteiger partial charge on any atom is -0.508 e. The van der Waals surface area contributed by atoms with Crippen molar-refractivity contribution >= 4 is 39.8 Å². The number of aliphatic hydroxyl groups is 1. The van der Waals surface area contributed by atoms with Gasteiger partial charge in [-0.05, 0) is 105 Å². The predicted molar refractivity (Wildman–Crippen MR) is 303 cm³/mol. The molecule has 5 aliphatic heterocycles. The molecule has 11 rings (SSSR count). The molecule has 4 fully saturated rings. The summed E-state index contributed by atoms with van der Waals surface area (Å²) < 4.78 is 8.11. The second-order valence-electron chi connectivity index (χ2n) is 21.8. The van der Waals surface area contributed by atoms with E-state index in [1.165, 1.54) is 16.7 Å². The van der Waals surface area contributed by atoms with Gasteiger partial charge in [-0.2, -0.15) is 15.2 Å². The summed E-state index contributed by atoms with van der Waals surface area (Å²) in [5.41, 5.74) is 5.77. The Labute approximate surface area is 466 Å². The van der Waals surface area contributed by atoms with Crippen molar-refractivity contribution in [3.05, 3.63) is 113 Å². The fourth-order valence-corrected chi connectivity index (χ4v) is 12.9. The average molecular weight is 1090 g/mol. The molecule has 4 aromatic carbocycles. The summed E-state index contributed by atoms with van der Waals surface area (Å²) >= 11 is 6.83. The molecule has 5 aliphatic rings. The Morgan fingerprint density at radius 2 is 1.67 bits per heavy atom. The van der Waals surface area contributed by atoms with Gasteiger partial charge in [0.2, 0.25) is 5.91 Å². The number of halogens is 1. The number of ether oxygens (including phenoxy) is 1. The molecule has 4 atom stereocenters. The first kappa shape index (κ1) is 53.9. The number of phenols is 2. The number of fused-ring (bicyclic) bond motifs is 2. The van der Waals surface area contributed by atoms with Gasteiger partial charge in [-0.1, -0.05) is 66.6 Å². The van der Waals surface area contributed by atoms with E-state index in [9.17, 15) is 30.5 Å². The summed E-state index contributed by atoms with van der Waals surface area (Å²) in [5.74, 6) is 1.20. The number of hydrogen-bond acceptors (Lipinski definition) is 17. The summed E-state index contributed by atoms with van der Waals surface area (Å²) in [5, 5.41) is 63.0. The summed E-state index contributed by atoms with van der Waals surface area (Å²) in [6, 6.07) is 25.7. The van der Waals surface area contributed by atoms with E-state index in [-0.39, 0.29) is 53.7 Å². The summed E-state index contributed by atoms with van der Waals surface area (Å²) in [6.07, 6.45) is 4.82. The molecule has 1 amide bonds. The van der Waals surface area contributed by atoms with Gasteiger partial charge in [0.25, 0.3) is 0 Å². The number of carbonyl (C=O) groups excluding carboxylic acids is 1. The summed E-state index contributed by atoms with van der Waals surface area (Å²) in [7, 11) is 2.16. The number of amides is 1. The Balaban J connectivity index is 0.687. The van der Waals surface area contributed by atoms with E-state index in [2.05, 4.69) is 83.6 Å². The quantitative estimate of drug-likeness (QED) is 0.0845. The number of nitriles is 1. The number of aromatic hydroxyl groups is 3. The first-order valence-electron chi connectivity index (χ1n) is 27.7. The zero-order valence-corrected chi connectivity index (χ0v) is 45.8. The standard InChI is InChI=1S/C59H70ClN13O6/c1-4-39-30-47(52(75)32-51(39)74)56-64-65-59(78)73(56)42-14-12-38(13-15-42)33-67-24-26-69(27-25-67)57(77)41-17-21-68(22-18-41)44-31-45(66(3)34-44)37-79-58-62-49-36-70(50-11-7-9-40-8-6-10-48(60)54(40)50)23-19-46(49)55(63-58)71-28-29-72(53(76)5-2)43(35-71)16-20-61/h5-15,30,32,41,43-45,53,74-76H,2,4,16-19,21-29,31,33-37H2,1,3H3,(H,65,78)/t43-,44-,45-,53?/m0/s1. The maximum absolute atomic E-state index is 14.0. The molecule has 20 heteroatoms. The molecule has 4 N–H and O–H groups in total. The lowest BCUT2D eigenvalue weighted by atomic mass is 9.93. The van der Waals surface area contributed by atoms with Crippen molar-refractivity contribution in [2.24, 2.45) is 5.92 Å². The number of rotatable bonds is 15. The lowest BCUT2D eigenvalue weighted by molar-refractivity contribution is -0.139. The molecule has 4 saturated heterocycles. The lowest BCUT2D eigenvalue weighted by Crippen LogP contribution is -2.56. The third-order valence-corrected chi connectivity index (χ3v) is 17.4. The molecule has 0 radical (unpaired) electrons. The Morgan fingerprint density at radius 3 is 2.42 bits per heavy atom. The zero-order valence-electron chi connectivity index (χ0n) is 45.0. The Kier molecular flexibility index (Phi) is 15.9. The molecular formula is C59H70ClN13O6. The van der Waals surface area contributed by atoms with Crippen molar-refractivity contribution in [1.82, 2.24) is 49.2 Å². The molecule has 0 spiro atoms. The number of nitrogens with zero attached hydrogens (tertiary/aromatic N) is 13. The highest BCUT2D eigenvalue weighted by Crippen LogP contribution is 2.40. The van der Waals surface area contributed by atoms with Crippen LogP contribution in [-0.4, -0.2) is 186 Å². The van der Waals surface area contributed by atoms with Gasteiger partial charge in [-0.3, -0.25) is 24.4 Å². The smallest absolute Gasteiger partial charge is 0.319 e. The number of hydrogen-bond donors (Lipinski definition) is 4. The Hall–Kier alpha value is -7.05. The van der Waals surface area contributed by atoms with Crippen LogP contribution in [0.1, 0.15) is 55.0 Å². The highest BCUT2D eigenvalue weighted by Gasteiger charge is 2.39. The van der Waals surface area contributed by atoms with Gasteiger partial charge in [0.1, 0.15) is 30.2 Å². The Morgan fingerprint density at radius 1 is 0.899 bits per heavy atom. The van der Waals surface area contributed by atoms with Crippen molar-refractivity contribution in [3.63, 3.8) is 0 Å². The normalized spacial score (nSPS) is 21.3. The number of likely N-dealkylation sites (tertiary alicyclic amines) is 2. The van der Waals surface area contributed by atoms with Crippen molar-refractivity contribution in [1.29, 1.82) is 5.26 Å². The molecule has 1 unspecified atom stereocenters. The van der Waals surface area contributed by atoms with Gasteiger partial charge in [-0.15, -0.1) is 5.10 Å². The van der Waals surface area contributed by atoms with Crippen LogP contribution in [0, 0.1) is 17.2 Å². The van der Waals surface area contributed by atoms with E-state index in [0.29, 0.717) is 86.2 Å². The number of likely N-dealkylation sites (N-methyl/N-ethyl adjacent to an activating group) is 1. The molecule has 0 saturated carbocycles. The van der Waals surface area contributed by atoms with Crippen molar-refractivity contribution in [2.75, 3.05) is 95.4 Å². The van der Waals surface area contributed by atoms with Crippen LogP contribution in [0.15, 0.2) is 85.5 Å². The number of aliphatic hydroxyl groups excluding tert-OH is 1. The maximum atomic E-state index is 14.0. The highest BCUT2D eigenvalue weighted by atomic mass is 35.5. The van der Waals surface area contributed by atoms with Gasteiger partial charge in [0.05, 0.1) is 41.0 Å². The number of anilines is 2. The third-order valence-electron chi connectivity index (χ3n) is 17.1. The van der Waals surface area contributed by atoms with Gasteiger partial charge in [0, 0.05) is 112 Å². The van der Waals surface area contributed by atoms with Gasteiger partial charge < -0.3 is 39.9 Å². The largest absolute Gasteiger partial charge is 0.508 e. The molecule has 0 aliphatic carbocycles. The fraction of sp³-hybridized carbons (Fsp3) is 0.458. The fourth-order valence-electron chi connectivity index (χ4n) is 12.7. The second kappa shape index (κ2) is 23.3. The third kappa shape index (κ3) is 11.1. The molecule has 6 aromatic rings. The van der Waals surface area contributed by atoms with Crippen LogP contribution >= 0.6 is 11.6 Å². The van der Waals surface area contributed by atoms with Crippen molar-refractivity contribution in [3.8, 4) is 46.7 Å². The second-order valence-corrected chi connectivity index (χ2v) is 22.2. The van der Waals surface area contributed by atoms with Gasteiger partial charge in [0.15, 0.2) is 5.82 Å². The van der Waals surface area contributed by atoms with Crippen molar-refractivity contribution in [2.45, 2.75) is 82.9 Å². The predicted octanol–water partition coefficient (Wildman–Crippen LogP) is 6.19. The molecule has 414 valence electrons. The molecule has 7 heterocycles. The highest BCUT2D eigenvalue weighted by molar-refractivity contribution is 6.36. The number of piperazine rings is 2. The maximum Gasteiger partial charge on any atom is 0.319 e. The first-order chi connectivity index (χ1) is 38.4. The Bertz CT molecular complexity index is 3220. The van der Waals surface area contributed by atoms with E-state index >= 15 is 0 Å². The van der Waals surface area contributed by atoms with Crippen LogP contribution in [0.25, 0.3) is 27.8 Å². The summed E-state index contributed by atoms with van der Waals surface area (Å²) in [6.45, 7) is 15.4. The van der Waals surface area contributed by atoms with Crippen LogP contribution in [-0.2, 0) is 30.7 Å². The summed E-state index contributed by atoms with van der Waals surface area (Å²) in [4.78, 5) is 40.1. The van der Waals surface area contributed by atoms with Crippen LogP contribution in [0.5, 0.6) is 23.5 Å². The SMILES string of the molecule is C=CC(O)N1CCN(c2nc(OC[C@@H]3C[C@H](N4CCC(C(=O)N5CCN(Cc6ccc(-n7c(O)nnc7-c7cc(CC)c(O)cc7O)cc6)CC5)CC4)CN3C)nc3c2CCN(c2cccc4cccc(Cl)c24)C3)C[C@@H]1CC#N. The zero-order chi connectivity index (χ0) is 54.9. The van der Waals surface area contributed by atoms with E-state index < -0.39 is 6.23 Å². The molecular weight excluding hydrogens is 1020 g/mol. The monoisotopic (exact) mass is 1090 g/mol. The first-order valence-corrected chi connectivity index (χ1v) is 28.1. The number of carbonyl (C=O) groups is 1. The molecule has 19 nitrogen and oxygen atoms in total. The minimum atomic E-state index is -0.839. The molecule has 2 aromatic heterocycles. The van der Waals surface area contributed by atoms with Crippen LogP contribution in [0.2, 0.25) is 5.02 Å². The topological polar surface area (TPSA) is 210 Å². The number of aromatic nitrogens is 5. The van der Waals surface area contributed by atoms with E-state index in [0.717, 1.165) is 111 Å².